The molecular formula is C21H28N4O5. The number of ether oxygens (including phenoxy) is 1. The monoisotopic (exact) mass is 416 g/mol. The second-order valence-electron chi connectivity index (χ2n) is 9.78. The molecule has 2 aromatic rings. The summed E-state index contributed by atoms with van der Waals surface area (Å²) in [4.78, 5) is 42.3. The second kappa shape index (κ2) is 6.54. The van der Waals surface area contributed by atoms with E-state index in [0.717, 1.165) is 32.1 Å². The van der Waals surface area contributed by atoms with Gasteiger partial charge >= 0.3 is 11.7 Å². The number of carbonyl (C=O) groups is 1. The van der Waals surface area contributed by atoms with E-state index in [9.17, 15) is 19.5 Å². The summed E-state index contributed by atoms with van der Waals surface area (Å²) >= 11 is 0. The molecule has 162 valence electrons. The van der Waals surface area contributed by atoms with Gasteiger partial charge in [-0.2, -0.15) is 0 Å². The Bertz CT molecular complexity index is 1130. The zero-order valence-electron chi connectivity index (χ0n) is 17.5. The highest BCUT2D eigenvalue weighted by molar-refractivity contribution is 5.77. The number of aliphatic hydroxyl groups is 1. The minimum atomic E-state index is -0.707. The van der Waals surface area contributed by atoms with Crippen LogP contribution in [0.2, 0.25) is 0 Å². The van der Waals surface area contributed by atoms with Crippen molar-refractivity contribution in [3.05, 3.63) is 27.2 Å². The molecule has 0 aliphatic heterocycles. The predicted octanol–water partition coefficient (Wildman–Crippen LogP) is 0.698. The van der Waals surface area contributed by atoms with Crippen molar-refractivity contribution in [3.8, 4) is 0 Å². The topological polar surface area (TPSA) is 108 Å². The Balaban J connectivity index is 1.26. The van der Waals surface area contributed by atoms with Gasteiger partial charge < -0.3 is 14.4 Å². The fourth-order valence-electron chi connectivity index (χ4n) is 6.59. The zero-order chi connectivity index (χ0) is 21.3. The average molecular weight is 416 g/mol. The van der Waals surface area contributed by atoms with E-state index in [0.29, 0.717) is 35.8 Å². The lowest BCUT2D eigenvalue weighted by Gasteiger charge is -2.58. The smallest absolute Gasteiger partial charge is 0.332 e. The molecule has 4 aliphatic rings. The fraction of sp³-hybridized carbons (Fsp3) is 0.714. The third-order valence-corrected chi connectivity index (χ3v) is 7.42. The van der Waals surface area contributed by atoms with E-state index in [-0.39, 0.29) is 24.7 Å². The number of aromatic nitrogens is 4. The highest BCUT2D eigenvalue weighted by Gasteiger charge is 2.60. The van der Waals surface area contributed by atoms with Crippen molar-refractivity contribution in [2.24, 2.45) is 31.3 Å². The first-order chi connectivity index (χ1) is 14.2. The molecule has 1 N–H and O–H groups in total. The van der Waals surface area contributed by atoms with Crippen molar-refractivity contribution in [2.45, 2.75) is 57.1 Å². The Labute approximate surface area is 173 Å². The first-order valence-corrected chi connectivity index (χ1v) is 10.7. The number of nitrogens with zero attached hydrogens (tertiary/aromatic N) is 4. The highest BCUT2D eigenvalue weighted by atomic mass is 16.5. The minimum absolute atomic E-state index is 0.146. The third-order valence-electron chi connectivity index (χ3n) is 7.42. The Morgan fingerprint density at radius 3 is 2.60 bits per heavy atom. The Hall–Kier alpha value is -2.42. The van der Waals surface area contributed by atoms with Crippen molar-refractivity contribution >= 4 is 17.1 Å². The summed E-state index contributed by atoms with van der Waals surface area (Å²) in [5.74, 6) is 0.601. The second-order valence-corrected chi connectivity index (χ2v) is 9.78. The number of esters is 1. The van der Waals surface area contributed by atoms with Gasteiger partial charge in [-0.15, -0.1) is 0 Å². The molecule has 0 saturated heterocycles. The van der Waals surface area contributed by atoms with Gasteiger partial charge in [-0.05, 0) is 56.8 Å². The Morgan fingerprint density at radius 2 is 1.93 bits per heavy atom. The maximum Gasteiger partial charge on any atom is 0.332 e. The molecule has 2 unspecified atom stereocenters. The lowest BCUT2D eigenvalue weighted by molar-refractivity contribution is -0.196. The molecule has 0 spiro atoms. The minimum Gasteiger partial charge on any atom is -0.465 e. The van der Waals surface area contributed by atoms with Gasteiger partial charge in [-0.1, -0.05) is 0 Å². The van der Waals surface area contributed by atoms with Crippen molar-refractivity contribution in [1.82, 2.24) is 18.7 Å². The Kier molecular flexibility index (Phi) is 4.26. The van der Waals surface area contributed by atoms with Gasteiger partial charge in [0.25, 0.3) is 5.56 Å². The van der Waals surface area contributed by atoms with Gasteiger partial charge in [0.05, 0.1) is 24.0 Å². The molecule has 6 rings (SSSR count). The maximum atomic E-state index is 12.9. The number of hydrogen-bond donors (Lipinski definition) is 1. The summed E-state index contributed by atoms with van der Waals surface area (Å²) in [7, 11) is 3.30. The quantitative estimate of drug-likeness (QED) is 0.568. The largest absolute Gasteiger partial charge is 0.465 e. The normalized spacial score (nSPS) is 32.1. The number of imidazole rings is 1. The van der Waals surface area contributed by atoms with Crippen LogP contribution >= 0.6 is 0 Å². The maximum absolute atomic E-state index is 12.9. The summed E-state index contributed by atoms with van der Waals surface area (Å²) < 4.78 is 9.74. The number of carbonyl (C=O) groups excluding carboxylic acids is 1. The van der Waals surface area contributed by atoms with Crippen LogP contribution in [0.25, 0.3) is 11.2 Å². The summed E-state index contributed by atoms with van der Waals surface area (Å²) in [6, 6.07) is 0. The average Bonchev–Trinajstić information content (AvgIpc) is 3.05. The van der Waals surface area contributed by atoms with E-state index in [1.165, 1.54) is 15.5 Å². The van der Waals surface area contributed by atoms with Crippen molar-refractivity contribution in [2.75, 3.05) is 6.61 Å². The third kappa shape index (κ3) is 2.85. The van der Waals surface area contributed by atoms with E-state index < -0.39 is 16.7 Å². The van der Waals surface area contributed by atoms with Crippen LogP contribution in [-0.2, 0) is 30.2 Å². The molecule has 9 nitrogen and oxygen atoms in total. The molecule has 4 bridgehead atoms. The summed E-state index contributed by atoms with van der Waals surface area (Å²) in [5.41, 5.74) is -1.35. The van der Waals surface area contributed by atoms with Gasteiger partial charge in [0, 0.05) is 20.6 Å². The number of fused-ring (bicyclic) bond motifs is 1. The van der Waals surface area contributed by atoms with Crippen molar-refractivity contribution in [3.63, 3.8) is 0 Å². The van der Waals surface area contributed by atoms with Crippen LogP contribution in [0.4, 0.5) is 0 Å². The lowest BCUT2D eigenvalue weighted by atomic mass is 9.48. The molecule has 2 atom stereocenters. The SMILES string of the molecule is Cn1cnc2c1c(=O)n(CCCOC(=O)C13CC4CC(CC(O)(C4)C1)C3)c(=O)n2C. The van der Waals surface area contributed by atoms with Crippen LogP contribution in [0.1, 0.15) is 44.9 Å². The number of hydrogen-bond acceptors (Lipinski definition) is 6. The van der Waals surface area contributed by atoms with E-state index >= 15 is 0 Å². The zero-order valence-corrected chi connectivity index (χ0v) is 17.5. The van der Waals surface area contributed by atoms with Gasteiger partial charge in [-0.3, -0.25) is 18.7 Å². The number of rotatable bonds is 5. The van der Waals surface area contributed by atoms with Gasteiger partial charge in [0.1, 0.15) is 0 Å². The van der Waals surface area contributed by atoms with E-state index in [1.54, 1.807) is 18.7 Å². The van der Waals surface area contributed by atoms with E-state index in [2.05, 4.69) is 4.98 Å². The molecule has 2 heterocycles. The molecule has 4 aliphatic carbocycles. The molecule has 0 radical (unpaired) electrons. The standard InChI is InChI=1S/C21H28N4O5/c1-23-12-22-16-15(23)17(26)25(19(28)24(16)2)4-3-5-30-18(27)20-7-13-6-14(8-20)10-21(29,9-13)11-20/h12-14,29H,3-11H2,1-2H3. The summed E-state index contributed by atoms with van der Waals surface area (Å²) in [6.07, 6.45) is 6.73. The lowest BCUT2D eigenvalue weighted by Crippen LogP contribution is -2.58. The number of aryl methyl sites for hydroxylation is 2. The molecular weight excluding hydrogens is 388 g/mol. The molecule has 4 fully saturated rings. The first kappa shape index (κ1) is 19.5. The highest BCUT2D eigenvalue weighted by Crippen LogP contribution is 2.61. The van der Waals surface area contributed by atoms with Crippen LogP contribution < -0.4 is 11.2 Å². The van der Waals surface area contributed by atoms with Crippen LogP contribution in [0, 0.1) is 17.3 Å². The predicted molar refractivity (Wildman–Crippen MR) is 108 cm³/mol. The molecule has 2 aromatic heterocycles. The van der Waals surface area contributed by atoms with Crippen LogP contribution in [-0.4, -0.2) is 42.0 Å². The Morgan fingerprint density at radius 1 is 1.23 bits per heavy atom. The van der Waals surface area contributed by atoms with Crippen molar-refractivity contribution < 1.29 is 14.6 Å². The van der Waals surface area contributed by atoms with Crippen LogP contribution in [0.3, 0.4) is 0 Å². The van der Waals surface area contributed by atoms with Crippen LogP contribution in [0.15, 0.2) is 15.9 Å². The molecule has 30 heavy (non-hydrogen) atoms. The first-order valence-electron chi connectivity index (χ1n) is 10.7. The van der Waals surface area contributed by atoms with Gasteiger partial charge in [0.2, 0.25) is 0 Å². The molecule has 4 saturated carbocycles. The van der Waals surface area contributed by atoms with E-state index in [1.807, 2.05) is 0 Å². The molecule has 9 heteroatoms. The fourth-order valence-corrected chi connectivity index (χ4v) is 6.59. The molecule has 0 amide bonds. The van der Waals surface area contributed by atoms with E-state index in [4.69, 9.17) is 4.74 Å². The summed E-state index contributed by atoms with van der Waals surface area (Å²) in [6.45, 7) is 0.315. The summed E-state index contributed by atoms with van der Waals surface area (Å²) in [5, 5.41) is 10.8. The van der Waals surface area contributed by atoms with Gasteiger partial charge in [0.15, 0.2) is 11.2 Å². The van der Waals surface area contributed by atoms with Crippen molar-refractivity contribution in [1.29, 1.82) is 0 Å². The molecule has 0 aromatic carbocycles. The van der Waals surface area contributed by atoms with Gasteiger partial charge in [-0.25, -0.2) is 9.78 Å². The van der Waals surface area contributed by atoms with Crippen LogP contribution in [0.5, 0.6) is 0 Å².